The quantitative estimate of drug-likeness (QED) is 0.391. The van der Waals surface area contributed by atoms with Gasteiger partial charge in [0.15, 0.2) is 0 Å². The lowest BCUT2D eigenvalue weighted by atomic mass is 10.2. The molecule has 0 aliphatic carbocycles. The average molecular weight is 264 g/mol. The first-order valence-electron chi connectivity index (χ1n) is 6.35. The molecule has 1 unspecified atom stereocenters. The van der Waals surface area contributed by atoms with Gasteiger partial charge in [0.05, 0.1) is 6.61 Å². The van der Waals surface area contributed by atoms with E-state index in [1.807, 2.05) is 37.3 Å². The minimum atomic E-state index is -0.446. The van der Waals surface area contributed by atoms with Crippen LogP contribution in [0.25, 0.3) is 0 Å². The Bertz CT molecular complexity index is 375. The molecule has 1 aromatic rings. The summed E-state index contributed by atoms with van der Waals surface area (Å²) < 4.78 is 16.1. The second-order valence-corrected chi connectivity index (χ2v) is 3.87. The first kappa shape index (κ1) is 15.2. The van der Waals surface area contributed by atoms with Gasteiger partial charge in [-0.05, 0) is 19.1 Å². The van der Waals surface area contributed by atoms with Crippen molar-refractivity contribution in [3.05, 3.63) is 43.0 Å². The summed E-state index contributed by atoms with van der Waals surface area (Å²) in [7, 11) is 0. The summed E-state index contributed by atoms with van der Waals surface area (Å²) in [6, 6.07) is 9.43. The summed E-state index contributed by atoms with van der Waals surface area (Å²) in [6.45, 7) is 6.71. The van der Waals surface area contributed by atoms with Crippen LogP contribution in [0.5, 0.6) is 5.75 Å². The molecule has 0 bridgehead atoms. The second kappa shape index (κ2) is 9.16. The molecule has 1 rings (SSSR count). The Morgan fingerprint density at radius 1 is 1.37 bits per heavy atom. The van der Waals surface area contributed by atoms with Crippen LogP contribution in [0.4, 0.5) is 0 Å². The smallest absolute Gasteiger partial charge is 0.330 e. The van der Waals surface area contributed by atoms with Crippen molar-refractivity contribution in [2.24, 2.45) is 0 Å². The van der Waals surface area contributed by atoms with Crippen LogP contribution in [0.3, 0.4) is 0 Å². The molecule has 0 aliphatic heterocycles. The maximum Gasteiger partial charge on any atom is 0.330 e. The third-order valence-corrected chi connectivity index (χ3v) is 2.41. The zero-order valence-electron chi connectivity index (χ0n) is 11.2. The van der Waals surface area contributed by atoms with Gasteiger partial charge in [-0.15, -0.1) is 0 Å². The van der Waals surface area contributed by atoms with Crippen molar-refractivity contribution in [3.8, 4) is 5.75 Å². The van der Waals surface area contributed by atoms with Gasteiger partial charge in [-0.3, -0.25) is 0 Å². The van der Waals surface area contributed by atoms with Crippen molar-refractivity contribution in [1.82, 2.24) is 0 Å². The highest BCUT2D eigenvalue weighted by molar-refractivity contribution is 5.81. The first-order valence-corrected chi connectivity index (χ1v) is 6.35. The van der Waals surface area contributed by atoms with Crippen LogP contribution >= 0.6 is 0 Å². The molecule has 4 nitrogen and oxygen atoms in total. The number of hydrogen-bond acceptors (Lipinski definition) is 4. The minimum Gasteiger partial charge on any atom is -0.487 e. The molecule has 19 heavy (non-hydrogen) atoms. The lowest BCUT2D eigenvalue weighted by Gasteiger charge is -2.18. The Balaban J connectivity index is 2.48. The second-order valence-electron chi connectivity index (χ2n) is 3.87. The van der Waals surface area contributed by atoms with Crippen molar-refractivity contribution in [2.45, 2.75) is 19.4 Å². The lowest BCUT2D eigenvalue weighted by molar-refractivity contribution is -0.140. The summed E-state index contributed by atoms with van der Waals surface area (Å²) in [5.41, 5.74) is 0. The molecule has 0 radical (unpaired) electrons. The standard InChI is InChI=1S/C15H20O4/c1-3-15(16)18-12-14(10-11-17-4-2)19-13-8-6-5-7-9-13/h3,5-9,14H,1,4,10-12H2,2H3. The third-order valence-electron chi connectivity index (χ3n) is 2.41. The van der Waals surface area contributed by atoms with Crippen LogP contribution in [0.1, 0.15) is 13.3 Å². The molecule has 4 heteroatoms. The van der Waals surface area contributed by atoms with E-state index in [9.17, 15) is 4.79 Å². The highest BCUT2D eigenvalue weighted by Crippen LogP contribution is 2.13. The molecule has 1 atom stereocenters. The van der Waals surface area contributed by atoms with Crippen molar-refractivity contribution >= 4 is 5.97 Å². The number of esters is 1. The Morgan fingerprint density at radius 3 is 2.74 bits per heavy atom. The van der Waals surface area contributed by atoms with Gasteiger partial charge in [0.2, 0.25) is 0 Å². The van der Waals surface area contributed by atoms with Crippen molar-refractivity contribution in [2.75, 3.05) is 19.8 Å². The third kappa shape index (κ3) is 6.62. The normalized spacial score (nSPS) is 11.6. The zero-order chi connectivity index (χ0) is 13.9. The summed E-state index contributed by atoms with van der Waals surface area (Å²) in [5, 5.41) is 0. The SMILES string of the molecule is C=CC(=O)OCC(CCOCC)Oc1ccccc1. The molecular weight excluding hydrogens is 244 g/mol. The van der Waals surface area contributed by atoms with Crippen LogP contribution in [0.2, 0.25) is 0 Å². The van der Waals surface area contributed by atoms with Crippen LogP contribution in [0.15, 0.2) is 43.0 Å². The number of ether oxygens (including phenoxy) is 3. The average Bonchev–Trinajstić information content (AvgIpc) is 2.45. The molecule has 104 valence electrons. The molecule has 0 aromatic heterocycles. The molecule has 0 spiro atoms. The van der Waals surface area contributed by atoms with E-state index in [-0.39, 0.29) is 12.7 Å². The predicted molar refractivity (Wildman–Crippen MR) is 73.1 cm³/mol. The van der Waals surface area contributed by atoms with Gasteiger partial charge in [0.25, 0.3) is 0 Å². The van der Waals surface area contributed by atoms with E-state index in [1.165, 1.54) is 0 Å². The van der Waals surface area contributed by atoms with Gasteiger partial charge >= 0.3 is 5.97 Å². The number of benzene rings is 1. The maximum atomic E-state index is 11.1. The van der Waals surface area contributed by atoms with E-state index in [0.717, 1.165) is 11.8 Å². The molecule has 0 fully saturated rings. The van der Waals surface area contributed by atoms with Gasteiger partial charge in [0, 0.05) is 19.1 Å². The van der Waals surface area contributed by atoms with E-state index in [1.54, 1.807) is 0 Å². The molecule has 0 saturated heterocycles. The van der Waals surface area contributed by atoms with E-state index in [2.05, 4.69) is 6.58 Å². The lowest BCUT2D eigenvalue weighted by Crippen LogP contribution is -2.26. The molecule has 0 aliphatic rings. The van der Waals surface area contributed by atoms with Crippen molar-refractivity contribution in [3.63, 3.8) is 0 Å². The first-order chi connectivity index (χ1) is 9.26. The monoisotopic (exact) mass is 264 g/mol. The maximum absolute atomic E-state index is 11.1. The molecule has 0 amide bonds. The Labute approximate surface area is 114 Å². The predicted octanol–water partition coefficient (Wildman–Crippen LogP) is 2.59. The van der Waals surface area contributed by atoms with Gasteiger partial charge in [-0.1, -0.05) is 24.8 Å². The van der Waals surface area contributed by atoms with E-state index in [4.69, 9.17) is 14.2 Å². The Morgan fingerprint density at radius 2 is 2.11 bits per heavy atom. The minimum absolute atomic E-state index is 0.187. The van der Waals surface area contributed by atoms with Crippen LogP contribution < -0.4 is 4.74 Å². The molecule has 0 saturated carbocycles. The largest absolute Gasteiger partial charge is 0.487 e. The number of para-hydroxylation sites is 1. The van der Waals surface area contributed by atoms with Crippen molar-refractivity contribution in [1.29, 1.82) is 0 Å². The zero-order valence-corrected chi connectivity index (χ0v) is 11.2. The fraction of sp³-hybridized carbons (Fsp3) is 0.400. The van der Waals surface area contributed by atoms with Crippen molar-refractivity contribution < 1.29 is 19.0 Å². The van der Waals surface area contributed by atoms with Crippen LogP contribution in [0, 0.1) is 0 Å². The van der Waals surface area contributed by atoms with Gasteiger partial charge in [-0.25, -0.2) is 4.79 Å². The molecule has 1 aromatic carbocycles. The number of carbonyl (C=O) groups excluding carboxylic acids is 1. The summed E-state index contributed by atoms with van der Waals surface area (Å²) in [6.07, 6.45) is 1.58. The highest BCUT2D eigenvalue weighted by Gasteiger charge is 2.13. The van der Waals surface area contributed by atoms with Gasteiger partial charge in [-0.2, -0.15) is 0 Å². The Kier molecular flexibility index (Phi) is 7.35. The summed E-state index contributed by atoms with van der Waals surface area (Å²) >= 11 is 0. The highest BCUT2D eigenvalue weighted by atomic mass is 16.6. The van der Waals surface area contributed by atoms with Gasteiger partial charge in [0.1, 0.15) is 18.5 Å². The van der Waals surface area contributed by atoms with E-state index in [0.29, 0.717) is 19.6 Å². The number of hydrogen-bond donors (Lipinski definition) is 0. The molecular formula is C15H20O4. The summed E-state index contributed by atoms with van der Waals surface area (Å²) in [4.78, 5) is 11.1. The van der Waals surface area contributed by atoms with Crippen LogP contribution in [-0.2, 0) is 14.3 Å². The fourth-order valence-corrected chi connectivity index (χ4v) is 1.46. The molecule has 0 N–H and O–H groups in total. The fourth-order valence-electron chi connectivity index (χ4n) is 1.46. The summed E-state index contributed by atoms with van der Waals surface area (Å²) in [5.74, 6) is 0.303. The van der Waals surface area contributed by atoms with E-state index < -0.39 is 5.97 Å². The molecule has 0 heterocycles. The number of carbonyl (C=O) groups is 1. The topological polar surface area (TPSA) is 44.8 Å². The van der Waals surface area contributed by atoms with Gasteiger partial charge < -0.3 is 14.2 Å². The van der Waals surface area contributed by atoms with E-state index >= 15 is 0 Å². The number of rotatable bonds is 9. The Hall–Kier alpha value is -1.81. The van der Waals surface area contributed by atoms with Crippen LogP contribution in [-0.4, -0.2) is 31.9 Å².